The number of amides is 1. The van der Waals surface area contributed by atoms with Gasteiger partial charge >= 0.3 is 0 Å². The zero-order valence-electron chi connectivity index (χ0n) is 6.82. The molecule has 0 fully saturated rings. The Bertz CT molecular complexity index is 271. The molecule has 1 aromatic rings. The Morgan fingerprint density at radius 3 is 3.08 bits per heavy atom. The van der Waals surface area contributed by atoms with Crippen molar-refractivity contribution in [2.24, 2.45) is 0 Å². The first kappa shape index (κ1) is 9.12. The Hall–Kier alpha value is -0.970. The summed E-state index contributed by atoms with van der Waals surface area (Å²) in [5.74, 6) is 0.0751. The fourth-order valence-corrected chi connectivity index (χ4v) is 0.881. The molecule has 0 saturated heterocycles. The van der Waals surface area contributed by atoms with Gasteiger partial charge in [0.05, 0.1) is 17.6 Å². The SMILES string of the molecule is CCn1cc(NC(=O)CS)cn1. The van der Waals surface area contributed by atoms with Crippen LogP contribution < -0.4 is 5.32 Å². The molecule has 1 N–H and O–H groups in total. The van der Waals surface area contributed by atoms with E-state index in [2.05, 4.69) is 23.0 Å². The smallest absolute Gasteiger partial charge is 0.234 e. The Kier molecular flexibility index (Phi) is 3.16. The molecule has 5 heteroatoms. The lowest BCUT2D eigenvalue weighted by atomic mass is 10.5. The summed E-state index contributed by atoms with van der Waals surface area (Å²) in [6, 6.07) is 0. The summed E-state index contributed by atoms with van der Waals surface area (Å²) < 4.78 is 1.74. The van der Waals surface area contributed by atoms with Crippen molar-refractivity contribution in [2.75, 3.05) is 11.1 Å². The van der Waals surface area contributed by atoms with Crippen LogP contribution in [0.4, 0.5) is 5.69 Å². The van der Waals surface area contributed by atoms with Gasteiger partial charge in [-0.3, -0.25) is 9.48 Å². The highest BCUT2D eigenvalue weighted by Crippen LogP contribution is 2.03. The third-order valence-corrected chi connectivity index (χ3v) is 1.67. The van der Waals surface area contributed by atoms with Crippen LogP contribution in [0.5, 0.6) is 0 Å². The zero-order valence-corrected chi connectivity index (χ0v) is 7.71. The lowest BCUT2D eigenvalue weighted by molar-refractivity contribution is -0.113. The van der Waals surface area contributed by atoms with Crippen molar-refractivity contribution >= 4 is 24.2 Å². The number of hydrogen-bond donors (Lipinski definition) is 2. The van der Waals surface area contributed by atoms with Gasteiger partial charge < -0.3 is 5.32 Å². The monoisotopic (exact) mass is 185 g/mol. The highest BCUT2D eigenvalue weighted by Gasteiger charge is 2.00. The van der Waals surface area contributed by atoms with E-state index in [9.17, 15) is 4.79 Å². The van der Waals surface area contributed by atoms with Crippen molar-refractivity contribution < 1.29 is 4.79 Å². The summed E-state index contributed by atoms with van der Waals surface area (Å²) in [5, 5.41) is 6.65. The summed E-state index contributed by atoms with van der Waals surface area (Å²) in [7, 11) is 0. The molecule has 0 aromatic carbocycles. The summed E-state index contributed by atoms with van der Waals surface area (Å²) in [6.45, 7) is 2.79. The first-order valence-corrected chi connectivity index (χ1v) is 4.32. The van der Waals surface area contributed by atoms with E-state index in [-0.39, 0.29) is 11.7 Å². The number of rotatable bonds is 3. The number of hydrogen-bond acceptors (Lipinski definition) is 3. The summed E-state index contributed by atoms with van der Waals surface area (Å²) in [6.07, 6.45) is 3.40. The van der Waals surface area contributed by atoms with Crippen molar-refractivity contribution in [1.29, 1.82) is 0 Å². The maximum absolute atomic E-state index is 10.9. The molecular weight excluding hydrogens is 174 g/mol. The van der Waals surface area contributed by atoms with Crippen LogP contribution in [0.2, 0.25) is 0 Å². The fourth-order valence-electron chi connectivity index (χ4n) is 0.802. The Balaban J connectivity index is 2.58. The van der Waals surface area contributed by atoms with Gasteiger partial charge in [0.2, 0.25) is 5.91 Å². The summed E-state index contributed by atoms with van der Waals surface area (Å²) in [5.41, 5.74) is 0.718. The first-order valence-electron chi connectivity index (χ1n) is 3.69. The van der Waals surface area contributed by atoms with E-state index in [1.807, 2.05) is 6.92 Å². The molecule has 0 atom stereocenters. The predicted molar refractivity (Wildman–Crippen MR) is 50.4 cm³/mol. The number of carbonyl (C=O) groups is 1. The van der Waals surface area contributed by atoms with Gasteiger partial charge in [-0.1, -0.05) is 0 Å². The van der Waals surface area contributed by atoms with Gasteiger partial charge in [-0.25, -0.2) is 0 Å². The predicted octanol–water partition coefficient (Wildman–Crippen LogP) is 0.771. The van der Waals surface area contributed by atoms with E-state index in [4.69, 9.17) is 0 Å². The number of anilines is 1. The van der Waals surface area contributed by atoms with Crippen molar-refractivity contribution in [1.82, 2.24) is 9.78 Å². The molecule has 1 heterocycles. The molecule has 1 rings (SSSR count). The van der Waals surface area contributed by atoms with Crippen LogP contribution in [-0.2, 0) is 11.3 Å². The second-order valence-corrected chi connectivity index (χ2v) is 2.61. The standard InChI is InChI=1S/C7H11N3OS/c1-2-10-4-6(3-8-10)9-7(11)5-12/h3-4,12H,2,5H2,1H3,(H,9,11). The van der Waals surface area contributed by atoms with Crippen LogP contribution in [0, 0.1) is 0 Å². The van der Waals surface area contributed by atoms with E-state index in [0.29, 0.717) is 0 Å². The third kappa shape index (κ3) is 2.27. The molecule has 0 unspecified atom stereocenters. The first-order chi connectivity index (χ1) is 5.76. The quantitative estimate of drug-likeness (QED) is 0.683. The van der Waals surface area contributed by atoms with Crippen LogP contribution in [0.1, 0.15) is 6.92 Å². The Morgan fingerprint density at radius 1 is 1.83 bits per heavy atom. The van der Waals surface area contributed by atoms with E-state index >= 15 is 0 Å². The minimum Gasteiger partial charge on any atom is -0.323 e. The average Bonchev–Trinajstić information content (AvgIpc) is 2.52. The fraction of sp³-hybridized carbons (Fsp3) is 0.429. The molecule has 1 aromatic heterocycles. The molecular formula is C7H11N3OS. The molecule has 0 aliphatic carbocycles. The second kappa shape index (κ2) is 4.15. The summed E-state index contributed by atoms with van der Waals surface area (Å²) >= 11 is 3.84. The highest BCUT2D eigenvalue weighted by atomic mass is 32.1. The van der Waals surface area contributed by atoms with Gasteiger partial charge in [0.25, 0.3) is 0 Å². The van der Waals surface area contributed by atoms with Crippen molar-refractivity contribution in [2.45, 2.75) is 13.5 Å². The highest BCUT2D eigenvalue weighted by molar-refractivity contribution is 7.81. The van der Waals surface area contributed by atoms with Crippen LogP contribution in [-0.4, -0.2) is 21.4 Å². The van der Waals surface area contributed by atoms with Gasteiger partial charge in [0.1, 0.15) is 0 Å². The minimum absolute atomic E-state index is 0.117. The number of nitrogens with zero attached hydrogens (tertiary/aromatic N) is 2. The van der Waals surface area contributed by atoms with Crippen LogP contribution >= 0.6 is 12.6 Å². The number of thiol groups is 1. The second-order valence-electron chi connectivity index (χ2n) is 2.29. The van der Waals surface area contributed by atoms with Gasteiger partial charge in [-0.2, -0.15) is 17.7 Å². The van der Waals surface area contributed by atoms with Gasteiger partial charge in [-0.15, -0.1) is 0 Å². The molecule has 0 aliphatic heterocycles. The molecule has 0 spiro atoms. The topological polar surface area (TPSA) is 46.9 Å². The maximum atomic E-state index is 10.9. The van der Waals surface area contributed by atoms with E-state index in [0.717, 1.165) is 12.2 Å². The normalized spacial score (nSPS) is 9.83. The van der Waals surface area contributed by atoms with Gasteiger partial charge in [-0.05, 0) is 6.92 Å². The van der Waals surface area contributed by atoms with Crippen molar-refractivity contribution in [3.8, 4) is 0 Å². The molecule has 12 heavy (non-hydrogen) atoms. The average molecular weight is 185 g/mol. The van der Waals surface area contributed by atoms with Gasteiger partial charge in [0.15, 0.2) is 0 Å². The minimum atomic E-state index is -0.117. The molecule has 1 amide bonds. The number of aryl methyl sites for hydroxylation is 1. The van der Waals surface area contributed by atoms with E-state index < -0.39 is 0 Å². The van der Waals surface area contributed by atoms with E-state index in [1.165, 1.54) is 0 Å². The van der Waals surface area contributed by atoms with Gasteiger partial charge in [0, 0.05) is 12.7 Å². The van der Waals surface area contributed by atoms with Crippen LogP contribution in [0.3, 0.4) is 0 Å². The van der Waals surface area contributed by atoms with Crippen molar-refractivity contribution in [3.05, 3.63) is 12.4 Å². The largest absolute Gasteiger partial charge is 0.323 e. The number of carbonyl (C=O) groups excluding carboxylic acids is 1. The molecule has 0 aliphatic rings. The van der Waals surface area contributed by atoms with Crippen molar-refractivity contribution in [3.63, 3.8) is 0 Å². The molecule has 0 radical (unpaired) electrons. The van der Waals surface area contributed by atoms with Crippen LogP contribution in [0.25, 0.3) is 0 Å². The zero-order chi connectivity index (χ0) is 8.97. The van der Waals surface area contributed by atoms with E-state index in [1.54, 1.807) is 17.1 Å². The third-order valence-electron chi connectivity index (χ3n) is 1.38. The molecule has 0 bridgehead atoms. The Morgan fingerprint density at radius 2 is 2.58 bits per heavy atom. The number of nitrogens with one attached hydrogen (secondary N) is 1. The Labute approximate surface area is 76.4 Å². The molecule has 4 nitrogen and oxygen atoms in total. The molecule has 66 valence electrons. The lowest BCUT2D eigenvalue weighted by Crippen LogP contribution is -2.11. The molecule has 0 saturated carbocycles. The van der Waals surface area contributed by atoms with Crippen LogP contribution in [0.15, 0.2) is 12.4 Å². The maximum Gasteiger partial charge on any atom is 0.234 e. The number of aromatic nitrogens is 2. The summed E-state index contributed by atoms with van der Waals surface area (Å²) in [4.78, 5) is 10.9. The lowest BCUT2D eigenvalue weighted by Gasteiger charge is -1.96.